The minimum atomic E-state index is -0.225. The number of hydrogen-bond acceptors (Lipinski definition) is 2. The maximum absolute atomic E-state index is 6.07. The molecule has 0 aromatic heterocycles. The normalized spacial score (nSPS) is 28.2. The molecule has 2 heteroatoms. The first-order valence-corrected chi connectivity index (χ1v) is 5.89. The summed E-state index contributed by atoms with van der Waals surface area (Å²) in [6, 6.07) is 8.61. The fourth-order valence-corrected chi connectivity index (χ4v) is 2.39. The molecular formula is C14H21NO. The monoisotopic (exact) mass is 219 g/mol. The van der Waals surface area contributed by atoms with Gasteiger partial charge in [0, 0.05) is 13.0 Å². The van der Waals surface area contributed by atoms with Gasteiger partial charge in [0.15, 0.2) is 0 Å². The molecule has 1 unspecified atom stereocenters. The topological polar surface area (TPSA) is 21.3 Å². The van der Waals surface area contributed by atoms with E-state index in [-0.39, 0.29) is 11.3 Å². The van der Waals surface area contributed by atoms with Crippen molar-refractivity contribution in [3.05, 3.63) is 35.4 Å². The third-order valence-electron chi connectivity index (χ3n) is 3.01. The molecule has 0 radical (unpaired) electrons. The summed E-state index contributed by atoms with van der Waals surface area (Å²) >= 11 is 0. The zero-order chi connectivity index (χ0) is 11.8. The van der Waals surface area contributed by atoms with Crippen molar-refractivity contribution < 1.29 is 4.74 Å². The van der Waals surface area contributed by atoms with E-state index in [0.29, 0.717) is 0 Å². The Labute approximate surface area is 98.0 Å². The molecule has 0 amide bonds. The van der Waals surface area contributed by atoms with Crippen LogP contribution in [0.1, 0.15) is 31.9 Å². The minimum Gasteiger partial charge on any atom is -0.353 e. The third-order valence-corrected chi connectivity index (χ3v) is 3.01. The molecule has 1 N–H and O–H groups in total. The molecule has 1 aromatic rings. The summed E-state index contributed by atoms with van der Waals surface area (Å²) in [5, 5.41) is 3.47. The summed E-state index contributed by atoms with van der Waals surface area (Å²) in [6.07, 6.45) is 0.915. The van der Waals surface area contributed by atoms with Crippen molar-refractivity contribution in [1.82, 2.24) is 5.32 Å². The van der Waals surface area contributed by atoms with E-state index in [1.807, 2.05) is 0 Å². The van der Waals surface area contributed by atoms with Gasteiger partial charge in [0.05, 0.1) is 5.60 Å². The van der Waals surface area contributed by atoms with Gasteiger partial charge in [-0.25, -0.2) is 0 Å². The molecule has 88 valence electrons. The summed E-state index contributed by atoms with van der Waals surface area (Å²) in [6.45, 7) is 9.42. The molecular weight excluding hydrogens is 198 g/mol. The average molecular weight is 219 g/mol. The SMILES string of the molecule is Cc1cccc(CC2(C)NCC(C)(C)O2)c1. The Morgan fingerprint density at radius 1 is 1.31 bits per heavy atom. The number of hydrogen-bond donors (Lipinski definition) is 1. The highest BCUT2D eigenvalue weighted by atomic mass is 16.5. The number of aryl methyl sites for hydroxylation is 1. The van der Waals surface area contributed by atoms with E-state index in [2.05, 4.69) is 57.3 Å². The van der Waals surface area contributed by atoms with Crippen molar-refractivity contribution in [3.63, 3.8) is 0 Å². The highest BCUT2D eigenvalue weighted by molar-refractivity contribution is 5.23. The zero-order valence-corrected chi connectivity index (χ0v) is 10.6. The number of rotatable bonds is 2. The first-order chi connectivity index (χ1) is 7.39. The Kier molecular flexibility index (Phi) is 2.81. The molecule has 1 fully saturated rings. The molecule has 0 saturated carbocycles. The van der Waals surface area contributed by atoms with Crippen LogP contribution < -0.4 is 5.32 Å². The van der Waals surface area contributed by atoms with Crippen LogP contribution in [0.5, 0.6) is 0 Å². The molecule has 0 spiro atoms. The van der Waals surface area contributed by atoms with Crippen LogP contribution in [0.25, 0.3) is 0 Å². The van der Waals surface area contributed by atoms with Gasteiger partial charge < -0.3 is 4.74 Å². The Balaban J connectivity index is 2.10. The Morgan fingerprint density at radius 2 is 2.06 bits per heavy atom. The van der Waals surface area contributed by atoms with Crippen molar-refractivity contribution in [2.24, 2.45) is 0 Å². The molecule has 1 atom stereocenters. The highest BCUT2D eigenvalue weighted by Crippen LogP contribution is 2.28. The van der Waals surface area contributed by atoms with Gasteiger partial charge in [-0.1, -0.05) is 29.8 Å². The Hall–Kier alpha value is -0.860. The number of nitrogens with one attached hydrogen (secondary N) is 1. The lowest BCUT2D eigenvalue weighted by atomic mass is 10.0. The predicted octanol–water partition coefficient (Wildman–Crippen LogP) is 2.65. The van der Waals surface area contributed by atoms with E-state index in [1.165, 1.54) is 11.1 Å². The van der Waals surface area contributed by atoms with Crippen LogP contribution in [0.2, 0.25) is 0 Å². The first kappa shape index (κ1) is 11.6. The fraction of sp³-hybridized carbons (Fsp3) is 0.571. The molecule has 2 nitrogen and oxygen atoms in total. The average Bonchev–Trinajstić information content (AvgIpc) is 2.40. The minimum absolute atomic E-state index is 0.0570. The number of ether oxygens (including phenoxy) is 1. The van der Waals surface area contributed by atoms with Crippen LogP contribution in [0.4, 0.5) is 0 Å². The maximum Gasteiger partial charge on any atom is 0.121 e. The van der Waals surface area contributed by atoms with E-state index in [9.17, 15) is 0 Å². The molecule has 2 rings (SSSR count). The summed E-state index contributed by atoms with van der Waals surface area (Å²) in [4.78, 5) is 0. The van der Waals surface area contributed by atoms with Crippen LogP contribution in [-0.2, 0) is 11.2 Å². The molecule has 1 aliphatic rings. The van der Waals surface area contributed by atoms with Crippen LogP contribution in [0, 0.1) is 6.92 Å². The van der Waals surface area contributed by atoms with Crippen molar-refractivity contribution in [2.75, 3.05) is 6.54 Å². The van der Waals surface area contributed by atoms with E-state index < -0.39 is 0 Å². The lowest BCUT2D eigenvalue weighted by Crippen LogP contribution is -2.40. The summed E-state index contributed by atoms with van der Waals surface area (Å²) in [7, 11) is 0. The van der Waals surface area contributed by atoms with Gasteiger partial charge in [-0.2, -0.15) is 0 Å². The second-order valence-electron chi connectivity index (χ2n) is 5.61. The number of benzene rings is 1. The molecule has 1 aliphatic heterocycles. The Morgan fingerprint density at radius 3 is 2.62 bits per heavy atom. The highest BCUT2D eigenvalue weighted by Gasteiger charge is 2.40. The van der Waals surface area contributed by atoms with Gasteiger partial charge in [-0.05, 0) is 33.3 Å². The van der Waals surface area contributed by atoms with Gasteiger partial charge in [-0.15, -0.1) is 0 Å². The van der Waals surface area contributed by atoms with Crippen molar-refractivity contribution in [2.45, 2.75) is 45.4 Å². The first-order valence-electron chi connectivity index (χ1n) is 5.89. The lowest BCUT2D eigenvalue weighted by molar-refractivity contribution is -0.0785. The fourth-order valence-electron chi connectivity index (χ4n) is 2.39. The Bertz CT molecular complexity index is 386. The van der Waals surface area contributed by atoms with Gasteiger partial charge in [0.25, 0.3) is 0 Å². The van der Waals surface area contributed by atoms with Gasteiger partial charge in [-0.3, -0.25) is 5.32 Å². The van der Waals surface area contributed by atoms with E-state index in [4.69, 9.17) is 4.74 Å². The quantitative estimate of drug-likeness (QED) is 0.825. The maximum atomic E-state index is 6.07. The van der Waals surface area contributed by atoms with Crippen molar-refractivity contribution in [1.29, 1.82) is 0 Å². The standard InChI is InChI=1S/C14H21NO/c1-11-6-5-7-12(8-11)9-14(4)15-10-13(2,3)16-14/h5-8,15H,9-10H2,1-4H3. The molecule has 1 aromatic carbocycles. The molecule has 1 saturated heterocycles. The molecule has 16 heavy (non-hydrogen) atoms. The van der Waals surface area contributed by atoms with E-state index in [0.717, 1.165) is 13.0 Å². The second kappa shape index (κ2) is 3.86. The molecule has 0 bridgehead atoms. The van der Waals surface area contributed by atoms with Gasteiger partial charge >= 0.3 is 0 Å². The predicted molar refractivity (Wildman–Crippen MR) is 66.5 cm³/mol. The van der Waals surface area contributed by atoms with Gasteiger partial charge in [0.1, 0.15) is 5.72 Å². The zero-order valence-electron chi connectivity index (χ0n) is 10.6. The van der Waals surface area contributed by atoms with Crippen molar-refractivity contribution >= 4 is 0 Å². The second-order valence-corrected chi connectivity index (χ2v) is 5.61. The van der Waals surface area contributed by atoms with Crippen LogP contribution in [0.3, 0.4) is 0 Å². The third kappa shape index (κ3) is 2.63. The summed E-state index contributed by atoms with van der Waals surface area (Å²) < 4.78 is 6.07. The van der Waals surface area contributed by atoms with E-state index in [1.54, 1.807) is 0 Å². The summed E-state index contributed by atoms with van der Waals surface area (Å²) in [5.41, 5.74) is 2.35. The van der Waals surface area contributed by atoms with E-state index >= 15 is 0 Å². The van der Waals surface area contributed by atoms with Crippen LogP contribution >= 0.6 is 0 Å². The summed E-state index contributed by atoms with van der Waals surface area (Å²) in [5.74, 6) is 0. The smallest absolute Gasteiger partial charge is 0.121 e. The molecule has 0 aliphatic carbocycles. The van der Waals surface area contributed by atoms with Crippen LogP contribution in [0.15, 0.2) is 24.3 Å². The molecule has 1 heterocycles. The largest absolute Gasteiger partial charge is 0.353 e. The lowest BCUT2D eigenvalue weighted by Gasteiger charge is -2.27. The van der Waals surface area contributed by atoms with Crippen LogP contribution in [-0.4, -0.2) is 17.9 Å². The van der Waals surface area contributed by atoms with Gasteiger partial charge in [0.2, 0.25) is 0 Å². The van der Waals surface area contributed by atoms with Crippen molar-refractivity contribution in [3.8, 4) is 0 Å².